The number of carbonyl (C=O) groups is 2. The zero-order chi connectivity index (χ0) is 12.3. The topological polar surface area (TPSA) is 54.4 Å². The zero-order valence-electron chi connectivity index (χ0n) is 9.48. The van der Waals surface area contributed by atoms with Crippen molar-refractivity contribution >= 4 is 17.8 Å². The summed E-state index contributed by atoms with van der Waals surface area (Å²) in [6, 6.07) is 7.30. The zero-order valence-corrected chi connectivity index (χ0v) is 9.48. The molecule has 1 aliphatic rings. The number of ketones is 1. The molecule has 2 rings (SSSR count). The Morgan fingerprint density at radius 1 is 1.24 bits per heavy atom. The molecule has 1 aromatic carbocycles. The van der Waals surface area contributed by atoms with Crippen molar-refractivity contribution in [1.29, 1.82) is 0 Å². The number of carbonyl (C=O) groups excluding carboxylic acids is 1. The number of hydrogen-bond acceptors (Lipinski definition) is 2. The van der Waals surface area contributed by atoms with Crippen molar-refractivity contribution < 1.29 is 14.7 Å². The van der Waals surface area contributed by atoms with Crippen molar-refractivity contribution in [3.8, 4) is 0 Å². The van der Waals surface area contributed by atoms with Gasteiger partial charge in [-0.15, -0.1) is 0 Å². The first-order chi connectivity index (χ1) is 8.15. The van der Waals surface area contributed by atoms with E-state index in [1.165, 1.54) is 0 Å². The number of carboxylic acid groups (broad SMARTS) is 1. The Kier molecular flexibility index (Phi) is 3.38. The molecule has 1 aromatic rings. The second kappa shape index (κ2) is 4.95. The third-order valence-electron chi connectivity index (χ3n) is 2.88. The standard InChI is InChI=1S/C14H14O3/c15-13-3-1-2-12(13)8-10-4-6-11(7-5-10)9-14(16)17/h4-8H,1-3,9H2,(H,16,17)/b12-8-. The van der Waals surface area contributed by atoms with Crippen molar-refractivity contribution in [2.24, 2.45) is 0 Å². The molecule has 17 heavy (non-hydrogen) atoms. The van der Waals surface area contributed by atoms with Crippen LogP contribution in [0, 0.1) is 0 Å². The van der Waals surface area contributed by atoms with Crippen molar-refractivity contribution in [2.45, 2.75) is 25.7 Å². The molecule has 0 unspecified atom stereocenters. The van der Waals surface area contributed by atoms with Gasteiger partial charge in [0.05, 0.1) is 6.42 Å². The van der Waals surface area contributed by atoms with E-state index in [0.717, 1.165) is 29.5 Å². The second-order valence-corrected chi connectivity index (χ2v) is 4.26. The third kappa shape index (κ3) is 3.03. The minimum absolute atomic E-state index is 0.0375. The molecular formula is C14H14O3. The van der Waals surface area contributed by atoms with Crippen LogP contribution in [0.4, 0.5) is 0 Å². The summed E-state index contributed by atoms with van der Waals surface area (Å²) in [5, 5.41) is 8.64. The fraction of sp³-hybridized carbons (Fsp3) is 0.286. The van der Waals surface area contributed by atoms with Gasteiger partial charge >= 0.3 is 5.97 Å². The van der Waals surface area contributed by atoms with Gasteiger partial charge < -0.3 is 5.11 Å². The molecule has 0 aliphatic heterocycles. The van der Waals surface area contributed by atoms with E-state index in [4.69, 9.17) is 5.11 Å². The first-order valence-electron chi connectivity index (χ1n) is 5.69. The van der Waals surface area contributed by atoms with E-state index >= 15 is 0 Å². The Morgan fingerprint density at radius 2 is 1.94 bits per heavy atom. The van der Waals surface area contributed by atoms with Crippen molar-refractivity contribution in [3.05, 3.63) is 41.0 Å². The lowest BCUT2D eigenvalue weighted by Gasteiger charge is -1.99. The molecule has 3 nitrogen and oxygen atoms in total. The van der Waals surface area contributed by atoms with Crippen LogP contribution in [-0.4, -0.2) is 16.9 Å². The summed E-state index contributed by atoms with van der Waals surface area (Å²) in [5.74, 6) is -0.596. The highest BCUT2D eigenvalue weighted by Crippen LogP contribution is 2.22. The van der Waals surface area contributed by atoms with Crippen LogP contribution in [0.2, 0.25) is 0 Å². The predicted octanol–water partition coefficient (Wildman–Crippen LogP) is 2.45. The summed E-state index contributed by atoms with van der Waals surface area (Å²) in [6.45, 7) is 0. The van der Waals surface area contributed by atoms with Gasteiger partial charge in [-0.3, -0.25) is 9.59 Å². The molecule has 0 bridgehead atoms. The van der Waals surface area contributed by atoms with Crippen LogP contribution in [0.5, 0.6) is 0 Å². The number of rotatable bonds is 3. The predicted molar refractivity (Wildman–Crippen MR) is 64.6 cm³/mol. The van der Waals surface area contributed by atoms with Crippen molar-refractivity contribution in [3.63, 3.8) is 0 Å². The van der Waals surface area contributed by atoms with Crippen LogP contribution in [0.15, 0.2) is 29.8 Å². The average molecular weight is 230 g/mol. The number of benzene rings is 1. The lowest BCUT2D eigenvalue weighted by atomic mass is 10.1. The van der Waals surface area contributed by atoms with Crippen molar-refractivity contribution in [2.75, 3.05) is 0 Å². The van der Waals surface area contributed by atoms with Crippen LogP contribution < -0.4 is 0 Å². The molecule has 0 heterocycles. The Labute approximate surface area is 99.8 Å². The maximum atomic E-state index is 11.4. The lowest BCUT2D eigenvalue weighted by molar-refractivity contribution is -0.136. The van der Waals surface area contributed by atoms with Crippen LogP contribution in [0.3, 0.4) is 0 Å². The van der Waals surface area contributed by atoms with Gasteiger partial charge in [0.15, 0.2) is 5.78 Å². The molecule has 3 heteroatoms. The monoisotopic (exact) mass is 230 g/mol. The largest absolute Gasteiger partial charge is 0.481 e. The highest BCUT2D eigenvalue weighted by atomic mass is 16.4. The molecule has 0 radical (unpaired) electrons. The first-order valence-corrected chi connectivity index (χ1v) is 5.69. The second-order valence-electron chi connectivity index (χ2n) is 4.26. The number of allylic oxidation sites excluding steroid dienone is 1. The van der Waals surface area contributed by atoms with Gasteiger partial charge in [-0.25, -0.2) is 0 Å². The summed E-state index contributed by atoms with van der Waals surface area (Å²) in [5.41, 5.74) is 2.62. The first kappa shape index (κ1) is 11.6. The molecule has 1 saturated carbocycles. The van der Waals surface area contributed by atoms with E-state index in [9.17, 15) is 9.59 Å². The molecule has 1 N–H and O–H groups in total. The Morgan fingerprint density at radius 3 is 2.47 bits per heavy atom. The normalized spacial score (nSPS) is 17.6. The van der Waals surface area contributed by atoms with Gasteiger partial charge in [0, 0.05) is 6.42 Å². The highest BCUT2D eigenvalue weighted by Gasteiger charge is 2.16. The maximum Gasteiger partial charge on any atom is 0.307 e. The van der Waals surface area contributed by atoms with Gasteiger partial charge in [-0.1, -0.05) is 24.3 Å². The SMILES string of the molecule is O=C(O)Cc1ccc(/C=C2/CCCC2=O)cc1. The smallest absolute Gasteiger partial charge is 0.307 e. The van der Waals surface area contributed by atoms with E-state index in [2.05, 4.69) is 0 Å². The van der Waals surface area contributed by atoms with Gasteiger partial charge in [0.25, 0.3) is 0 Å². The van der Waals surface area contributed by atoms with Gasteiger partial charge in [-0.2, -0.15) is 0 Å². The van der Waals surface area contributed by atoms with Crippen LogP contribution in [-0.2, 0) is 16.0 Å². The van der Waals surface area contributed by atoms with Crippen LogP contribution >= 0.6 is 0 Å². The van der Waals surface area contributed by atoms with E-state index in [-0.39, 0.29) is 12.2 Å². The summed E-state index contributed by atoms with van der Waals surface area (Å²) in [4.78, 5) is 22.0. The third-order valence-corrected chi connectivity index (χ3v) is 2.88. The Hall–Kier alpha value is -1.90. The Balaban J connectivity index is 2.13. The summed E-state index contributed by atoms with van der Waals surface area (Å²) >= 11 is 0. The van der Waals surface area contributed by atoms with Crippen LogP contribution in [0.1, 0.15) is 30.4 Å². The molecular weight excluding hydrogens is 216 g/mol. The molecule has 1 aliphatic carbocycles. The molecule has 0 atom stereocenters. The number of carboxylic acids is 1. The number of Topliss-reactive ketones (excluding diaryl/α,β-unsaturated/α-hetero) is 1. The van der Waals surface area contributed by atoms with E-state index in [1.54, 1.807) is 12.1 Å². The fourth-order valence-corrected chi connectivity index (χ4v) is 2.00. The fourth-order valence-electron chi connectivity index (χ4n) is 2.00. The molecule has 0 spiro atoms. The summed E-state index contributed by atoms with van der Waals surface area (Å²) < 4.78 is 0. The van der Waals surface area contributed by atoms with Crippen molar-refractivity contribution in [1.82, 2.24) is 0 Å². The highest BCUT2D eigenvalue weighted by molar-refractivity contribution is 6.01. The Bertz CT molecular complexity index is 469. The van der Waals surface area contributed by atoms with Crippen LogP contribution in [0.25, 0.3) is 6.08 Å². The molecule has 0 aromatic heterocycles. The average Bonchev–Trinajstić information content (AvgIpc) is 2.67. The lowest BCUT2D eigenvalue weighted by Crippen LogP contribution is -1.99. The minimum Gasteiger partial charge on any atom is -0.481 e. The van der Waals surface area contributed by atoms with E-state index < -0.39 is 5.97 Å². The van der Waals surface area contributed by atoms with Gasteiger partial charge in [-0.05, 0) is 35.6 Å². The number of aliphatic carboxylic acids is 1. The van der Waals surface area contributed by atoms with Gasteiger partial charge in [0.1, 0.15) is 0 Å². The summed E-state index contributed by atoms with van der Waals surface area (Å²) in [7, 11) is 0. The quantitative estimate of drug-likeness (QED) is 0.811. The molecule has 0 amide bonds. The number of hydrogen-bond donors (Lipinski definition) is 1. The molecule has 1 fully saturated rings. The van der Waals surface area contributed by atoms with Gasteiger partial charge in [0.2, 0.25) is 0 Å². The molecule has 0 saturated heterocycles. The van der Waals surface area contributed by atoms with E-state index in [0.29, 0.717) is 6.42 Å². The molecule has 88 valence electrons. The van der Waals surface area contributed by atoms with E-state index in [1.807, 2.05) is 18.2 Å². The maximum absolute atomic E-state index is 11.4. The minimum atomic E-state index is -0.831. The summed E-state index contributed by atoms with van der Waals surface area (Å²) in [6.07, 6.45) is 4.40.